The number of alkyl halides is 3. The quantitative estimate of drug-likeness (QED) is 0.557. The van der Waals surface area contributed by atoms with E-state index in [1.165, 1.54) is 17.8 Å². The van der Waals surface area contributed by atoms with Crippen LogP contribution >= 0.6 is 11.6 Å². The number of rotatable bonds is 6. The summed E-state index contributed by atoms with van der Waals surface area (Å²) in [5.41, 5.74) is -0.580. The van der Waals surface area contributed by atoms with Gasteiger partial charge in [0.2, 0.25) is 0 Å². The molecule has 1 unspecified atom stereocenters. The number of pyridine rings is 1. The van der Waals surface area contributed by atoms with Crippen LogP contribution in [0.5, 0.6) is 5.75 Å². The van der Waals surface area contributed by atoms with Crippen molar-refractivity contribution in [3.63, 3.8) is 0 Å². The van der Waals surface area contributed by atoms with Gasteiger partial charge in [0.05, 0.1) is 11.8 Å². The van der Waals surface area contributed by atoms with Crippen LogP contribution in [0.3, 0.4) is 0 Å². The van der Waals surface area contributed by atoms with Crippen LogP contribution in [-0.2, 0) is 22.3 Å². The number of benzene rings is 1. The van der Waals surface area contributed by atoms with Gasteiger partial charge in [-0.15, -0.1) is 5.10 Å². The zero-order valence-corrected chi connectivity index (χ0v) is 15.7. The molecule has 7 nitrogen and oxygen atoms in total. The van der Waals surface area contributed by atoms with E-state index in [2.05, 4.69) is 15.3 Å². The zero-order chi connectivity index (χ0) is 21.0. The van der Waals surface area contributed by atoms with Crippen LogP contribution in [0.4, 0.5) is 13.2 Å². The molecule has 29 heavy (non-hydrogen) atoms. The Morgan fingerprint density at radius 2 is 1.93 bits per heavy atom. The summed E-state index contributed by atoms with van der Waals surface area (Å²) in [7, 11) is 0. The second-order valence-electron chi connectivity index (χ2n) is 5.88. The third-order valence-corrected chi connectivity index (χ3v) is 3.92. The van der Waals surface area contributed by atoms with Crippen molar-refractivity contribution in [2.24, 2.45) is 0 Å². The van der Waals surface area contributed by atoms with Crippen molar-refractivity contribution in [3.05, 3.63) is 65.1 Å². The number of aromatic nitrogens is 4. The van der Waals surface area contributed by atoms with Crippen LogP contribution in [0.15, 0.2) is 48.8 Å². The molecule has 3 aromatic rings. The molecule has 11 heteroatoms. The lowest BCUT2D eigenvalue weighted by atomic mass is 10.3. The van der Waals surface area contributed by atoms with Crippen molar-refractivity contribution in [1.29, 1.82) is 0 Å². The molecule has 0 N–H and O–H groups in total. The molecular formula is C18H14ClF3N4O3. The Morgan fingerprint density at radius 3 is 2.55 bits per heavy atom. The Kier molecular flexibility index (Phi) is 6.02. The number of carbonyl (C=O) groups is 1. The molecule has 0 bridgehead atoms. The summed E-state index contributed by atoms with van der Waals surface area (Å²) in [6, 6.07) is 8.55. The van der Waals surface area contributed by atoms with E-state index in [0.717, 1.165) is 12.1 Å². The number of ether oxygens (including phenoxy) is 2. The van der Waals surface area contributed by atoms with Crippen LogP contribution in [-0.4, -0.2) is 32.1 Å². The number of hydrogen-bond donors (Lipinski definition) is 0. The smallest absolute Gasteiger partial charge is 0.417 e. The van der Waals surface area contributed by atoms with Crippen molar-refractivity contribution in [2.45, 2.75) is 25.8 Å². The molecule has 0 aliphatic heterocycles. The van der Waals surface area contributed by atoms with Gasteiger partial charge in [0.15, 0.2) is 11.9 Å². The standard InChI is InChI=1S/C18H14ClF3N4O3/c1-11(29-15-5-3-13(19)4-6-15)17(27)28-10-14-9-26(25-24-14)16-7-2-12(8-23-16)18(20,21)22/h2-9,11H,10H2,1H3. The van der Waals surface area contributed by atoms with Crippen molar-refractivity contribution < 1.29 is 27.4 Å². The molecule has 1 aromatic carbocycles. The molecule has 0 saturated heterocycles. The van der Waals surface area contributed by atoms with E-state index in [-0.39, 0.29) is 12.4 Å². The molecule has 0 spiro atoms. The molecule has 2 heterocycles. The Bertz CT molecular complexity index is 975. The van der Waals surface area contributed by atoms with Gasteiger partial charge < -0.3 is 9.47 Å². The molecule has 0 saturated carbocycles. The summed E-state index contributed by atoms with van der Waals surface area (Å²) < 4.78 is 49.5. The van der Waals surface area contributed by atoms with Crippen LogP contribution < -0.4 is 4.74 Å². The lowest BCUT2D eigenvalue weighted by Gasteiger charge is -2.13. The summed E-state index contributed by atoms with van der Waals surface area (Å²) in [5, 5.41) is 8.11. The first kappa shape index (κ1) is 20.6. The average Bonchev–Trinajstić information content (AvgIpc) is 3.16. The highest BCUT2D eigenvalue weighted by Crippen LogP contribution is 2.28. The van der Waals surface area contributed by atoms with Gasteiger partial charge in [-0.1, -0.05) is 16.8 Å². The summed E-state index contributed by atoms with van der Waals surface area (Å²) in [4.78, 5) is 15.8. The highest BCUT2D eigenvalue weighted by molar-refractivity contribution is 6.30. The van der Waals surface area contributed by atoms with Gasteiger partial charge in [-0.25, -0.2) is 14.5 Å². The minimum absolute atomic E-state index is 0.141. The first-order valence-electron chi connectivity index (χ1n) is 8.26. The van der Waals surface area contributed by atoms with E-state index in [0.29, 0.717) is 22.7 Å². The first-order chi connectivity index (χ1) is 13.7. The van der Waals surface area contributed by atoms with Crippen molar-refractivity contribution in [1.82, 2.24) is 20.0 Å². The highest BCUT2D eigenvalue weighted by atomic mass is 35.5. The van der Waals surface area contributed by atoms with Gasteiger partial charge in [0.1, 0.15) is 18.1 Å². The third kappa shape index (κ3) is 5.44. The van der Waals surface area contributed by atoms with E-state index >= 15 is 0 Å². The molecule has 0 aliphatic rings. The summed E-state index contributed by atoms with van der Waals surface area (Å²) in [5.74, 6) is -0.0251. The van der Waals surface area contributed by atoms with Crippen molar-refractivity contribution in [2.75, 3.05) is 0 Å². The first-order valence-corrected chi connectivity index (χ1v) is 8.64. The number of hydrogen-bond acceptors (Lipinski definition) is 6. The zero-order valence-electron chi connectivity index (χ0n) is 14.9. The summed E-state index contributed by atoms with van der Waals surface area (Å²) in [6.07, 6.45) is -3.25. The van der Waals surface area contributed by atoms with E-state index < -0.39 is 23.8 Å². The van der Waals surface area contributed by atoms with Crippen molar-refractivity contribution >= 4 is 17.6 Å². The lowest BCUT2D eigenvalue weighted by molar-refractivity contribution is -0.152. The van der Waals surface area contributed by atoms with E-state index in [1.54, 1.807) is 24.3 Å². The van der Waals surface area contributed by atoms with Gasteiger partial charge >= 0.3 is 12.1 Å². The maximum absolute atomic E-state index is 12.6. The van der Waals surface area contributed by atoms with E-state index in [9.17, 15) is 18.0 Å². The third-order valence-electron chi connectivity index (χ3n) is 3.67. The predicted molar refractivity (Wildman–Crippen MR) is 95.5 cm³/mol. The molecule has 2 aromatic heterocycles. The second-order valence-corrected chi connectivity index (χ2v) is 6.32. The summed E-state index contributed by atoms with van der Waals surface area (Å²) in [6.45, 7) is 1.34. The van der Waals surface area contributed by atoms with Gasteiger partial charge in [-0.3, -0.25) is 0 Å². The number of esters is 1. The SMILES string of the molecule is CC(Oc1ccc(Cl)cc1)C(=O)OCc1cn(-c2ccc(C(F)(F)F)cn2)nn1. The fourth-order valence-corrected chi connectivity index (χ4v) is 2.32. The van der Waals surface area contributed by atoms with Gasteiger partial charge in [-0.2, -0.15) is 13.2 Å². The Labute approximate surface area is 168 Å². The molecule has 3 rings (SSSR count). The van der Waals surface area contributed by atoms with E-state index in [4.69, 9.17) is 21.1 Å². The predicted octanol–water partition coefficient (Wildman–Crippen LogP) is 3.85. The van der Waals surface area contributed by atoms with Crippen LogP contribution in [0, 0.1) is 0 Å². The number of carbonyl (C=O) groups excluding carboxylic acids is 1. The van der Waals surface area contributed by atoms with Gasteiger partial charge in [-0.05, 0) is 43.3 Å². The molecule has 1 atom stereocenters. The topological polar surface area (TPSA) is 79.1 Å². The van der Waals surface area contributed by atoms with Gasteiger partial charge in [0, 0.05) is 11.2 Å². The van der Waals surface area contributed by atoms with Crippen molar-refractivity contribution in [3.8, 4) is 11.6 Å². The minimum atomic E-state index is -4.47. The Morgan fingerprint density at radius 1 is 1.21 bits per heavy atom. The largest absolute Gasteiger partial charge is 0.479 e. The van der Waals surface area contributed by atoms with Crippen LogP contribution in [0.25, 0.3) is 5.82 Å². The van der Waals surface area contributed by atoms with Crippen LogP contribution in [0.2, 0.25) is 5.02 Å². The fourth-order valence-electron chi connectivity index (χ4n) is 2.19. The Hall–Kier alpha value is -3.14. The highest BCUT2D eigenvalue weighted by Gasteiger charge is 2.30. The molecule has 152 valence electrons. The molecule has 0 amide bonds. The molecule has 0 fully saturated rings. The summed E-state index contributed by atoms with van der Waals surface area (Å²) >= 11 is 5.79. The normalized spacial score (nSPS) is 12.4. The lowest BCUT2D eigenvalue weighted by Crippen LogP contribution is -2.26. The molecular weight excluding hydrogens is 413 g/mol. The maximum Gasteiger partial charge on any atom is 0.417 e. The molecule has 0 aliphatic carbocycles. The fraction of sp³-hybridized carbons (Fsp3) is 0.222. The Balaban J connectivity index is 1.55. The molecule has 0 radical (unpaired) electrons. The maximum atomic E-state index is 12.6. The van der Waals surface area contributed by atoms with E-state index in [1.807, 2.05) is 0 Å². The average molecular weight is 427 g/mol. The van der Waals surface area contributed by atoms with Crippen LogP contribution in [0.1, 0.15) is 18.2 Å². The number of nitrogens with zero attached hydrogens (tertiary/aromatic N) is 4. The monoisotopic (exact) mass is 426 g/mol. The van der Waals surface area contributed by atoms with Gasteiger partial charge in [0.25, 0.3) is 0 Å². The second kappa shape index (κ2) is 8.48. The number of halogens is 4. The minimum Gasteiger partial charge on any atom is -0.479 e.